The van der Waals surface area contributed by atoms with Gasteiger partial charge >= 0.3 is 0 Å². The molecule has 1 heterocycles. The van der Waals surface area contributed by atoms with E-state index in [-0.39, 0.29) is 5.56 Å². The van der Waals surface area contributed by atoms with Crippen molar-refractivity contribution in [2.75, 3.05) is 13.7 Å². The van der Waals surface area contributed by atoms with Crippen LogP contribution in [0.3, 0.4) is 0 Å². The third kappa shape index (κ3) is 4.26. The molecule has 0 spiro atoms. The average Bonchev–Trinajstić information content (AvgIpc) is 2.83. The van der Waals surface area contributed by atoms with Crippen LogP contribution in [0.1, 0.15) is 5.56 Å². The van der Waals surface area contributed by atoms with Crippen molar-refractivity contribution in [2.45, 2.75) is 0 Å². The number of nitrogens with zero attached hydrogens (tertiary/aromatic N) is 3. The van der Waals surface area contributed by atoms with E-state index < -0.39 is 0 Å². The minimum absolute atomic E-state index is 0.269. The number of fused-ring (bicyclic) bond motifs is 1. The van der Waals surface area contributed by atoms with Gasteiger partial charge in [-0.3, -0.25) is 4.79 Å². The fourth-order valence-electron chi connectivity index (χ4n) is 3.23. The molecule has 0 saturated carbocycles. The lowest BCUT2D eigenvalue weighted by atomic mass is 10.2. The summed E-state index contributed by atoms with van der Waals surface area (Å²) in [6.45, 7) is 3.93. The molecule has 0 radical (unpaired) electrons. The van der Waals surface area contributed by atoms with Gasteiger partial charge in [0.25, 0.3) is 5.56 Å². The molecule has 6 nitrogen and oxygen atoms in total. The van der Waals surface area contributed by atoms with Gasteiger partial charge in [0.2, 0.25) is 0 Å². The Bertz CT molecular complexity index is 1360. The van der Waals surface area contributed by atoms with Gasteiger partial charge < -0.3 is 9.47 Å². The molecule has 3 aromatic carbocycles. The van der Waals surface area contributed by atoms with Crippen LogP contribution in [0.2, 0.25) is 5.02 Å². The number of methoxy groups -OCH3 is 1. The Morgan fingerprint density at radius 1 is 1.12 bits per heavy atom. The maximum atomic E-state index is 13.2. The van der Waals surface area contributed by atoms with E-state index in [9.17, 15) is 4.79 Å². The lowest BCUT2D eigenvalue weighted by Crippen LogP contribution is -2.20. The van der Waals surface area contributed by atoms with Crippen LogP contribution in [0.15, 0.2) is 89.3 Å². The van der Waals surface area contributed by atoms with E-state index in [4.69, 9.17) is 21.1 Å². The number of aromatic nitrogens is 2. The van der Waals surface area contributed by atoms with E-state index in [1.165, 1.54) is 18.0 Å². The van der Waals surface area contributed by atoms with Gasteiger partial charge in [0.1, 0.15) is 6.61 Å². The summed E-state index contributed by atoms with van der Waals surface area (Å²) in [5, 5.41) is 5.30. The monoisotopic (exact) mass is 445 g/mol. The first-order valence-corrected chi connectivity index (χ1v) is 10.2. The number of para-hydroxylation sites is 1. The fourth-order valence-corrected chi connectivity index (χ4v) is 3.50. The minimum Gasteiger partial charge on any atom is -0.493 e. The Labute approximate surface area is 190 Å². The second-order valence-electron chi connectivity index (χ2n) is 6.81. The molecule has 0 aliphatic heterocycles. The molecule has 0 atom stereocenters. The Balaban J connectivity index is 1.84. The van der Waals surface area contributed by atoms with Crippen LogP contribution in [0, 0.1) is 0 Å². The van der Waals surface area contributed by atoms with Gasteiger partial charge in [0.05, 0.1) is 29.2 Å². The van der Waals surface area contributed by atoms with Crippen molar-refractivity contribution >= 4 is 28.7 Å². The number of halogens is 1. The zero-order valence-corrected chi connectivity index (χ0v) is 18.1. The average molecular weight is 446 g/mol. The van der Waals surface area contributed by atoms with Crippen LogP contribution < -0.4 is 15.0 Å². The minimum atomic E-state index is -0.269. The van der Waals surface area contributed by atoms with E-state index in [0.29, 0.717) is 45.4 Å². The summed E-state index contributed by atoms with van der Waals surface area (Å²) in [5.41, 5.74) is 1.75. The lowest BCUT2D eigenvalue weighted by Gasteiger charge is -2.12. The maximum Gasteiger partial charge on any atom is 0.282 e. The molecule has 0 saturated heterocycles. The quantitative estimate of drug-likeness (QED) is 0.290. The second-order valence-corrected chi connectivity index (χ2v) is 7.22. The molecule has 4 aromatic rings. The van der Waals surface area contributed by atoms with Crippen molar-refractivity contribution in [3.05, 3.63) is 100 Å². The van der Waals surface area contributed by atoms with Crippen molar-refractivity contribution < 1.29 is 9.47 Å². The lowest BCUT2D eigenvalue weighted by molar-refractivity contribution is 0.326. The van der Waals surface area contributed by atoms with Crippen LogP contribution in [0.5, 0.6) is 11.5 Å². The van der Waals surface area contributed by atoms with Crippen molar-refractivity contribution in [1.29, 1.82) is 0 Å². The van der Waals surface area contributed by atoms with E-state index >= 15 is 0 Å². The third-order valence-electron chi connectivity index (χ3n) is 4.71. The first-order valence-electron chi connectivity index (χ1n) is 9.85. The predicted molar refractivity (Wildman–Crippen MR) is 128 cm³/mol. The molecule has 0 aliphatic rings. The van der Waals surface area contributed by atoms with Gasteiger partial charge in [-0.1, -0.05) is 66.7 Å². The SMILES string of the molecule is C=CCOc1c(Cl)cc(C=Nn2c(-c3ccccc3)nc3ccccc3c2=O)cc1OC. The van der Waals surface area contributed by atoms with Crippen LogP contribution in [-0.4, -0.2) is 29.6 Å². The summed E-state index contributed by atoms with van der Waals surface area (Å²) < 4.78 is 12.3. The van der Waals surface area contributed by atoms with E-state index in [0.717, 1.165) is 5.56 Å². The first kappa shape index (κ1) is 21.3. The molecular formula is C25H20ClN3O3. The Kier molecular flexibility index (Phi) is 6.33. The number of benzene rings is 3. The number of ether oxygens (including phenoxy) is 2. The van der Waals surface area contributed by atoms with Crippen LogP contribution in [0.25, 0.3) is 22.3 Å². The van der Waals surface area contributed by atoms with Crippen molar-refractivity contribution in [1.82, 2.24) is 9.66 Å². The molecular weight excluding hydrogens is 426 g/mol. The molecule has 0 N–H and O–H groups in total. The van der Waals surface area contributed by atoms with Crippen LogP contribution >= 0.6 is 11.6 Å². The molecule has 0 amide bonds. The van der Waals surface area contributed by atoms with E-state index in [2.05, 4.69) is 16.7 Å². The van der Waals surface area contributed by atoms with Crippen molar-refractivity contribution in [3.8, 4) is 22.9 Å². The second kappa shape index (κ2) is 9.49. The highest BCUT2D eigenvalue weighted by molar-refractivity contribution is 6.32. The van der Waals surface area contributed by atoms with Gasteiger partial charge in [-0.2, -0.15) is 9.78 Å². The molecule has 160 valence electrons. The molecule has 32 heavy (non-hydrogen) atoms. The maximum absolute atomic E-state index is 13.2. The molecule has 0 unspecified atom stereocenters. The van der Waals surface area contributed by atoms with Crippen molar-refractivity contribution in [3.63, 3.8) is 0 Å². The third-order valence-corrected chi connectivity index (χ3v) is 4.99. The zero-order chi connectivity index (χ0) is 22.5. The van der Waals surface area contributed by atoms with Crippen LogP contribution in [0.4, 0.5) is 0 Å². The summed E-state index contributed by atoms with van der Waals surface area (Å²) in [7, 11) is 1.53. The largest absolute Gasteiger partial charge is 0.493 e. The summed E-state index contributed by atoms with van der Waals surface area (Å²) in [6.07, 6.45) is 3.16. The van der Waals surface area contributed by atoms with Crippen molar-refractivity contribution in [2.24, 2.45) is 5.10 Å². The summed E-state index contributed by atoms with van der Waals surface area (Å²) in [4.78, 5) is 17.9. The fraction of sp³-hybridized carbons (Fsp3) is 0.0800. The zero-order valence-electron chi connectivity index (χ0n) is 17.4. The Hall–Kier alpha value is -3.90. The molecule has 7 heteroatoms. The number of hydrogen-bond acceptors (Lipinski definition) is 5. The van der Waals surface area contributed by atoms with Gasteiger partial charge in [0, 0.05) is 5.56 Å². The molecule has 1 aromatic heterocycles. The van der Waals surface area contributed by atoms with E-state index in [1.54, 1.807) is 30.3 Å². The first-order chi connectivity index (χ1) is 15.6. The Morgan fingerprint density at radius 2 is 1.88 bits per heavy atom. The normalized spacial score (nSPS) is 11.1. The summed E-state index contributed by atoms with van der Waals surface area (Å²) >= 11 is 6.39. The van der Waals surface area contributed by atoms with Crippen LogP contribution in [-0.2, 0) is 0 Å². The van der Waals surface area contributed by atoms with Gasteiger partial charge in [-0.15, -0.1) is 0 Å². The molecule has 0 bridgehead atoms. The van der Waals surface area contributed by atoms with E-state index in [1.807, 2.05) is 42.5 Å². The highest BCUT2D eigenvalue weighted by Gasteiger charge is 2.13. The molecule has 0 aliphatic carbocycles. The van der Waals surface area contributed by atoms with Gasteiger partial charge in [-0.25, -0.2) is 4.98 Å². The van der Waals surface area contributed by atoms with Gasteiger partial charge in [0.15, 0.2) is 17.3 Å². The smallest absolute Gasteiger partial charge is 0.282 e. The number of hydrogen-bond donors (Lipinski definition) is 0. The predicted octanol–water partition coefficient (Wildman–Crippen LogP) is 5.17. The topological polar surface area (TPSA) is 65.7 Å². The molecule has 4 rings (SSSR count). The highest BCUT2D eigenvalue weighted by Crippen LogP contribution is 2.36. The van der Waals surface area contributed by atoms with Gasteiger partial charge in [-0.05, 0) is 29.8 Å². The number of rotatable bonds is 7. The highest BCUT2D eigenvalue weighted by atomic mass is 35.5. The summed E-state index contributed by atoms with van der Waals surface area (Å²) in [5.74, 6) is 1.31. The Morgan fingerprint density at radius 3 is 2.62 bits per heavy atom. The summed E-state index contributed by atoms with van der Waals surface area (Å²) in [6, 6.07) is 20.1. The standard InChI is InChI=1S/C25H20ClN3O3/c1-3-13-32-23-20(26)14-17(15-22(23)31-2)16-27-29-24(18-9-5-4-6-10-18)28-21-12-8-7-11-19(21)25(29)30/h3-12,14-16H,1,13H2,2H3. The molecule has 0 fully saturated rings.